The Morgan fingerprint density at radius 2 is 1.65 bits per heavy atom. The first-order valence-corrected chi connectivity index (χ1v) is 9.15. The van der Waals surface area contributed by atoms with Crippen LogP contribution in [-0.2, 0) is 10.0 Å². The van der Waals surface area contributed by atoms with E-state index >= 15 is 0 Å². The van der Waals surface area contributed by atoms with Crippen molar-refractivity contribution in [1.29, 1.82) is 0 Å². The number of sulfonamides is 1. The molecule has 2 aromatic rings. The molecule has 2 aromatic carbocycles. The van der Waals surface area contributed by atoms with Crippen molar-refractivity contribution in [3.8, 4) is 0 Å². The van der Waals surface area contributed by atoms with Crippen LogP contribution in [0.3, 0.4) is 0 Å². The molecule has 0 unspecified atom stereocenters. The van der Waals surface area contributed by atoms with E-state index in [1.165, 1.54) is 5.56 Å². The maximum absolute atomic E-state index is 12.1. The highest BCUT2D eigenvalue weighted by molar-refractivity contribution is 7.92. The second-order valence-corrected chi connectivity index (χ2v) is 7.22. The number of rotatable bonds is 6. The quantitative estimate of drug-likeness (QED) is 0.854. The van der Waals surface area contributed by atoms with Crippen molar-refractivity contribution in [3.05, 3.63) is 65.7 Å². The van der Waals surface area contributed by atoms with Crippen LogP contribution in [0.15, 0.2) is 54.6 Å². The summed E-state index contributed by atoms with van der Waals surface area (Å²) in [6, 6.07) is 16.3. The van der Waals surface area contributed by atoms with Crippen LogP contribution < -0.4 is 10.0 Å². The predicted molar refractivity (Wildman–Crippen MR) is 92.1 cm³/mol. The predicted octanol–water partition coefficient (Wildman–Crippen LogP) is 2.59. The van der Waals surface area contributed by atoms with Crippen LogP contribution >= 0.6 is 0 Å². The zero-order chi connectivity index (χ0) is 16.9. The Bertz CT molecular complexity index is 756. The van der Waals surface area contributed by atoms with Crippen molar-refractivity contribution in [1.82, 2.24) is 5.32 Å². The molecular weight excluding hydrogens is 312 g/mol. The summed E-state index contributed by atoms with van der Waals surface area (Å²) in [5.74, 6) is 0.0324. The third-order valence-corrected chi connectivity index (χ3v) is 3.99. The number of hydrogen-bond donors (Lipinski definition) is 2. The highest BCUT2D eigenvalue weighted by atomic mass is 32.2. The Hall–Kier alpha value is -2.34. The molecule has 0 saturated heterocycles. The molecule has 1 amide bonds. The molecule has 0 aliphatic heterocycles. The van der Waals surface area contributed by atoms with Gasteiger partial charge in [0, 0.05) is 17.8 Å². The van der Waals surface area contributed by atoms with Crippen LogP contribution in [0.25, 0.3) is 0 Å². The normalized spacial score (nSPS) is 12.4. The summed E-state index contributed by atoms with van der Waals surface area (Å²) >= 11 is 0. The summed E-state index contributed by atoms with van der Waals surface area (Å²) in [4.78, 5) is 12.1. The average Bonchev–Trinajstić information content (AvgIpc) is 2.52. The van der Waals surface area contributed by atoms with Gasteiger partial charge in [0.25, 0.3) is 5.91 Å². The van der Waals surface area contributed by atoms with Gasteiger partial charge in [-0.1, -0.05) is 37.3 Å². The first-order valence-electron chi connectivity index (χ1n) is 7.26. The van der Waals surface area contributed by atoms with Crippen molar-refractivity contribution < 1.29 is 13.2 Å². The molecule has 6 heteroatoms. The molecule has 2 rings (SSSR count). The molecular formula is C17H20N2O3S. The standard InChI is InChI=1S/C17H20N2O3S/c1-13(14-6-4-3-5-7-14)12-18-17(20)15-8-10-16(11-9-15)19-23(2,21)22/h3-11,13,19H,12H2,1-2H3,(H,18,20)/t13-/m0/s1. The van der Waals surface area contributed by atoms with Gasteiger partial charge < -0.3 is 5.32 Å². The van der Waals surface area contributed by atoms with Gasteiger partial charge >= 0.3 is 0 Å². The summed E-state index contributed by atoms with van der Waals surface area (Å²) < 4.78 is 24.6. The summed E-state index contributed by atoms with van der Waals surface area (Å²) in [7, 11) is -3.31. The van der Waals surface area contributed by atoms with E-state index in [0.717, 1.165) is 6.26 Å². The maximum atomic E-state index is 12.1. The lowest BCUT2D eigenvalue weighted by Gasteiger charge is -2.13. The molecule has 0 bridgehead atoms. The number of carbonyl (C=O) groups is 1. The summed E-state index contributed by atoms with van der Waals surface area (Å²) in [6.07, 6.45) is 1.08. The van der Waals surface area contributed by atoms with Crippen molar-refractivity contribution in [2.45, 2.75) is 12.8 Å². The van der Waals surface area contributed by atoms with Gasteiger partial charge in [0.1, 0.15) is 0 Å². The molecule has 0 fully saturated rings. The lowest BCUT2D eigenvalue weighted by atomic mass is 10.0. The highest BCUT2D eigenvalue weighted by Gasteiger charge is 2.10. The van der Waals surface area contributed by atoms with Gasteiger partial charge in [-0.15, -0.1) is 0 Å². The molecule has 23 heavy (non-hydrogen) atoms. The molecule has 0 aromatic heterocycles. The van der Waals surface area contributed by atoms with E-state index < -0.39 is 10.0 Å². The van der Waals surface area contributed by atoms with Crippen LogP contribution in [0.2, 0.25) is 0 Å². The third kappa shape index (κ3) is 5.41. The number of anilines is 1. The molecule has 0 radical (unpaired) electrons. The monoisotopic (exact) mass is 332 g/mol. The molecule has 0 heterocycles. The van der Waals surface area contributed by atoms with Crippen molar-refractivity contribution >= 4 is 21.6 Å². The fourth-order valence-corrected chi connectivity index (χ4v) is 2.72. The Balaban J connectivity index is 1.93. The van der Waals surface area contributed by atoms with Crippen molar-refractivity contribution in [2.24, 2.45) is 0 Å². The lowest BCUT2D eigenvalue weighted by Crippen LogP contribution is -2.27. The van der Waals surface area contributed by atoms with E-state index in [1.54, 1.807) is 24.3 Å². The minimum atomic E-state index is -3.31. The van der Waals surface area contributed by atoms with Crippen molar-refractivity contribution in [2.75, 3.05) is 17.5 Å². The molecule has 0 spiro atoms. The largest absolute Gasteiger partial charge is 0.351 e. The number of benzene rings is 2. The fourth-order valence-electron chi connectivity index (χ4n) is 2.15. The van der Waals surface area contributed by atoms with Crippen LogP contribution in [0.4, 0.5) is 5.69 Å². The zero-order valence-electron chi connectivity index (χ0n) is 13.1. The molecule has 0 aliphatic carbocycles. The highest BCUT2D eigenvalue weighted by Crippen LogP contribution is 2.14. The van der Waals surface area contributed by atoms with E-state index in [4.69, 9.17) is 0 Å². The minimum absolute atomic E-state index is 0.182. The molecule has 0 aliphatic rings. The Morgan fingerprint density at radius 1 is 1.04 bits per heavy atom. The second kappa shape index (κ2) is 7.28. The van der Waals surface area contributed by atoms with E-state index in [1.807, 2.05) is 30.3 Å². The molecule has 1 atom stereocenters. The van der Waals surface area contributed by atoms with Gasteiger partial charge in [0.05, 0.1) is 6.26 Å². The first-order chi connectivity index (χ1) is 10.8. The van der Waals surface area contributed by atoms with E-state index in [2.05, 4.69) is 17.0 Å². The van der Waals surface area contributed by atoms with E-state index in [9.17, 15) is 13.2 Å². The zero-order valence-corrected chi connectivity index (χ0v) is 13.9. The maximum Gasteiger partial charge on any atom is 0.251 e. The van der Waals surface area contributed by atoms with Gasteiger partial charge in [-0.25, -0.2) is 8.42 Å². The van der Waals surface area contributed by atoms with Gasteiger partial charge in [-0.3, -0.25) is 9.52 Å². The smallest absolute Gasteiger partial charge is 0.251 e. The van der Waals surface area contributed by atoms with E-state index in [-0.39, 0.29) is 11.8 Å². The minimum Gasteiger partial charge on any atom is -0.351 e. The Kier molecular flexibility index (Phi) is 5.39. The van der Waals surface area contributed by atoms with Crippen LogP contribution in [0.5, 0.6) is 0 Å². The lowest BCUT2D eigenvalue weighted by molar-refractivity contribution is 0.0951. The number of hydrogen-bond acceptors (Lipinski definition) is 3. The number of carbonyl (C=O) groups excluding carboxylic acids is 1. The Morgan fingerprint density at radius 3 is 2.22 bits per heavy atom. The van der Waals surface area contributed by atoms with Gasteiger partial charge in [-0.05, 0) is 35.7 Å². The molecule has 0 saturated carbocycles. The topological polar surface area (TPSA) is 75.3 Å². The second-order valence-electron chi connectivity index (χ2n) is 5.47. The fraction of sp³-hybridized carbons (Fsp3) is 0.235. The molecule has 5 nitrogen and oxygen atoms in total. The molecule has 122 valence electrons. The Labute approximate surface area is 136 Å². The van der Waals surface area contributed by atoms with Crippen LogP contribution in [0, 0.1) is 0 Å². The van der Waals surface area contributed by atoms with Crippen LogP contribution in [0.1, 0.15) is 28.8 Å². The average molecular weight is 332 g/mol. The molecule has 2 N–H and O–H groups in total. The third-order valence-electron chi connectivity index (χ3n) is 3.39. The van der Waals surface area contributed by atoms with E-state index in [0.29, 0.717) is 17.8 Å². The van der Waals surface area contributed by atoms with Gasteiger partial charge in [0.2, 0.25) is 10.0 Å². The summed E-state index contributed by atoms with van der Waals surface area (Å²) in [5.41, 5.74) is 2.09. The number of amides is 1. The number of nitrogens with one attached hydrogen (secondary N) is 2. The van der Waals surface area contributed by atoms with Gasteiger partial charge in [0.15, 0.2) is 0 Å². The SMILES string of the molecule is C[C@@H](CNC(=O)c1ccc(NS(C)(=O)=O)cc1)c1ccccc1. The van der Waals surface area contributed by atoms with Crippen molar-refractivity contribution in [3.63, 3.8) is 0 Å². The summed E-state index contributed by atoms with van der Waals surface area (Å²) in [5, 5.41) is 2.89. The van der Waals surface area contributed by atoms with Gasteiger partial charge in [-0.2, -0.15) is 0 Å². The van der Waals surface area contributed by atoms with Crippen LogP contribution in [-0.4, -0.2) is 27.1 Å². The summed E-state index contributed by atoms with van der Waals surface area (Å²) in [6.45, 7) is 2.58. The first kappa shape index (κ1) is 17.0.